The molecule has 1 aromatic carbocycles. The molecule has 1 amide bonds. The number of nitrogens with zero attached hydrogens (tertiary/aromatic N) is 2. The molecule has 3 N–H and O–H groups in total. The van der Waals surface area contributed by atoms with Crippen LogP contribution in [0, 0.1) is 0 Å². The molecule has 0 saturated carbocycles. The van der Waals surface area contributed by atoms with Crippen LogP contribution in [0.5, 0.6) is 11.5 Å². The third kappa shape index (κ3) is 4.34. The van der Waals surface area contributed by atoms with E-state index < -0.39 is 10.2 Å². The number of hydrogen-bond acceptors (Lipinski definition) is 5. The predicted octanol–water partition coefficient (Wildman–Crippen LogP) is 0.0984. The van der Waals surface area contributed by atoms with Crippen LogP contribution in [0.3, 0.4) is 0 Å². The van der Waals surface area contributed by atoms with Gasteiger partial charge in [0.1, 0.15) is 11.5 Å². The fourth-order valence-electron chi connectivity index (χ4n) is 2.42. The molecular formula is C14H21N3O5S. The number of phenolic OH excluding ortho intramolecular Hbond substituents is 2. The van der Waals surface area contributed by atoms with Crippen LogP contribution in [0.4, 0.5) is 0 Å². The van der Waals surface area contributed by atoms with Gasteiger partial charge >= 0.3 is 0 Å². The van der Waals surface area contributed by atoms with Gasteiger partial charge in [-0.25, -0.2) is 0 Å². The fourth-order valence-corrected chi connectivity index (χ4v) is 3.29. The van der Waals surface area contributed by atoms with E-state index in [1.54, 1.807) is 4.90 Å². The maximum atomic E-state index is 12.4. The first-order chi connectivity index (χ1) is 10.7. The number of carbonyl (C=O) groups excluding carboxylic acids is 1. The number of piperidine rings is 1. The van der Waals surface area contributed by atoms with Crippen molar-refractivity contribution >= 4 is 16.1 Å². The minimum absolute atomic E-state index is 0.179. The van der Waals surface area contributed by atoms with Crippen LogP contribution in [-0.2, 0) is 10.2 Å². The lowest BCUT2D eigenvalue weighted by atomic mass is 10.0. The Morgan fingerprint density at radius 3 is 2.17 bits per heavy atom. The molecule has 23 heavy (non-hydrogen) atoms. The number of likely N-dealkylation sites (tertiary alicyclic amines) is 1. The molecular weight excluding hydrogens is 322 g/mol. The zero-order valence-electron chi connectivity index (χ0n) is 13.1. The molecule has 0 unspecified atom stereocenters. The zero-order chi connectivity index (χ0) is 17.2. The number of nitrogens with one attached hydrogen (secondary N) is 1. The van der Waals surface area contributed by atoms with E-state index in [0.717, 1.165) is 10.4 Å². The summed E-state index contributed by atoms with van der Waals surface area (Å²) in [4.78, 5) is 13.9. The average molecular weight is 343 g/mol. The van der Waals surface area contributed by atoms with Crippen LogP contribution in [-0.4, -0.2) is 67.0 Å². The molecule has 0 aliphatic carbocycles. The molecule has 1 saturated heterocycles. The fraction of sp³-hybridized carbons (Fsp3) is 0.500. The van der Waals surface area contributed by atoms with Gasteiger partial charge in [0.25, 0.3) is 16.1 Å². The van der Waals surface area contributed by atoms with E-state index >= 15 is 0 Å². The molecule has 8 nitrogen and oxygen atoms in total. The van der Waals surface area contributed by atoms with Gasteiger partial charge in [0.15, 0.2) is 0 Å². The summed E-state index contributed by atoms with van der Waals surface area (Å²) in [5, 5.41) is 18.9. The Labute approximate surface area is 135 Å². The van der Waals surface area contributed by atoms with Crippen molar-refractivity contribution in [3.8, 4) is 11.5 Å². The standard InChI is InChI=1S/C14H21N3O5S/c1-16(2)23(21,22)15-11-3-5-17(6-4-11)14(20)10-7-12(18)9-13(19)8-10/h7-9,11,15,18-19H,3-6H2,1-2H3. The zero-order valence-corrected chi connectivity index (χ0v) is 13.9. The van der Waals surface area contributed by atoms with E-state index in [0.29, 0.717) is 25.9 Å². The SMILES string of the molecule is CN(C)S(=O)(=O)NC1CCN(C(=O)c2cc(O)cc(O)c2)CC1. The molecule has 0 radical (unpaired) electrons. The lowest BCUT2D eigenvalue weighted by molar-refractivity contribution is 0.0710. The predicted molar refractivity (Wildman–Crippen MR) is 84.4 cm³/mol. The molecule has 128 valence electrons. The van der Waals surface area contributed by atoms with Crippen molar-refractivity contribution in [2.75, 3.05) is 27.2 Å². The van der Waals surface area contributed by atoms with Crippen molar-refractivity contribution in [3.05, 3.63) is 23.8 Å². The van der Waals surface area contributed by atoms with Crippen LogP contribution in [0.2, 0.25) is 0 Å². The number of amides is 1. The molecule has 1 aliphatic rings. The first-order valence-corrected chi connectivity index (χ1v) is 8.65. The maximum absolute atomic E-state index is 12.4. The summed E-state index contributed by atoms with van der Waals surface area (Å²) in [5.41, 5.74) is 0.204. The number of aromatic hydroxyl groups is 2. The van der Waals surface area contributed by atoms with Gasteiger partial charge in [-0.05, 0) is 25.0 Å². The molecule has 1 fully saturated rings. The van der Waals surface area contributed by atoms with Crippen LogP contribution < -0.4 is 4.72 Å². The first kappa shape index (κ1) is 17.5. The lowest BCUT2D eigenvalue weighted by Gasteiger charge is -2.32. The van der Waals surface area contributed by atoms with Gasteiger partial charge in [-0.1, -0.05) is 0 Å². The average Bonchev–Trinajstić information content (AvgIpc) is 2.45. The minimum Gasteiger partial charge on any atom is -0.508 e. The Hall–Kier alpha value is -1.84. The molecule has 2 rings (SSSR count). The van der Waals surface area contributed by atoms with Gasteiger partial charge in [-0.3, -0.25) is 4.79 Å². The van der Waals surface area contributed by atoms with Gasteiger partial charge in [-0.15, -0.1) is 0 Å². The highest BCUT2D eigenvalue weighted by molar-refractivity contribution is 7.87. The lowest BCUT2D eigenvalue weighted by Crippen LogP contribution is -2.49. The molecule has 1 heterocycles. The molecule has 1 aromatic rings. The number of benzene rings is 1. The summed E-state index contributed by atoms with van der Waals surface area (Å²) in [6, 6.07) is 3.52. The van der Waals surface area contributed by atoms with Crippen molar-refractivity contribution in [1.82, 2.24) is 13.9 Å². The van der Waals surface area contributed by atoms with Crippen molar-refractivity contribution in [2.45, 2.75) is 18.9 Å². The molecule has 0 bridgehead atoms. The first-order valence-electron chi connectivity index (χ1n) is 7.21. The van der Waals surface area contributed by atoms with Crippen molar-refractivity contribution < 1.29 is 23.4 Å². The van der Waals surface area contributed by atoms with Gasteiger partial charge in [0.05, 0.1) is 0 Å². The smallest absolute Gasteiger partial charge is 0.279 e. The topological polar surface area (TPSA) is 110 Å². The van der Waals surface area contributed by atoms with Gasteiger partial charge in [0.2, 0.25) is 0 Å². The third-order valence-corrected chi connectivity index (χ3v) is 5.32. The van der Waals surface area contributed by atoms with Crippen molar-refractivity contribution in [2.24, 2.45) is 0 Å². The van der Waals surface area contributed by atoms with Gasteiger partial charge in [-0.2, -0.15) is 17.4 Å². The second-order valence-electron chi connectivity index (χ2n) is 5.71. The van der Waals surface area contributed by atoms with Crippen LogP contribution in [0.25, 0.3) is 0 Å². The summed E-state index contributed by atoms with van der Waals surface area (Å²) in [6.45, 7) is 0.797. The van der Waals surface area contributed by atoms with Gasteiger partial charge < -0.3 is 15.1 Å². The maximum Gasteiger partial charge on any atom is 0.279 e. The summed E-state index contributed by atoms with van der Waals surface area (Å²) in [5.74, 6) is -0.658. The van der Waals surface area contributed by atoms with Crippen molar-refractivity contribution in [1.29, 1.82) is 0 Å². The highest BCUT2D eigenvalue weighted by atomic mass is 32.2. The van der Waals surface area contributed by atoms with E-state index in [1.165, 1.54) is 26.2 Å². The monoisotopic (exact) mass is 343 g/mol. The van der Waals surface area contributed by atoms with Crippen molar-refractivity contribution in [3.63, 3.8) is 0 Å². The van der Waals surface area contributed by atoms with E-state index in [1.807, 2.05) is 0 Å². The summed E-state index contributed by atoms with van der Waals surface area (Å²) < 4.78 is 27.3. The van der Waals surface area contributed by atoms with E-state index in [9.17, 15) is 23.4 Å². The number of phenols is 2. The number of rotatable bonds is 4. The molecule has 0 spiro atoms. The van der Waals surface area contributed by atoms with Crippen LogP contribution in [0.1, 0.15) is 23.2 Å². The molecule has 1 aliphatic heterocycles. The molecule has 0 aromatic heterocycles. The van der Waals surface area contributed by atoms with Gasteiger partial charge in [0, 0.05) is 44.9 Å². The summed E-state index contributed by atoms with van der Waals surface area (Å²) >= 11 is 0. The second kappa shape index (κ2) is 6.73. The third-order valence-electron chi connectivity index (χ3n) is 3.73. The van der Waals surface area contributed by atoms with E-state index in [4.69, 9.17) is 0 Å². The Balaban J connectivity index is 1.97. The largest absolute Gasteiger partial charge is 0.508 e. The molecule has 0 atom stereocenters. The minimum atomic E-state index is -3.49. The number of hydrogen-bond donors (Lipinski definition) is 3. The van der Waals surface area contributed by atoms with Crippen LogP contribution >= 0.6 is 0 Å². The Kier molecular flexibility index (Phi) is 5.12. The van der Waals surface area contributed by atoms with E-state index in [2.05, 4.69) is 4.72 Å². The Bertz CT molecular complexity index is 661. The highest BCUT2D eigenvalue weighted by Crippen LogP contribution is 2.23. The highest BCUT2D eigenvalue weighted by Gasteiger charge is 2.27. The summed E-state index contributed by atoms with van der Waals surface area (Å²) in [7, 11) is -0.578. The molecule has 9 heteroatoms. The Morgan fingerprint density at radius 1 is 1.17 bits per heavy atom. The van der Waals surface area contributed by atoms with Crippen LogP contribution in [0.15, 0.2) is 18.2 Å². The summed E-state index contributed by atoms with van der Waals surface area (Å²) in [6.07, 6.45) is 1.01. The van der Waals surface area contributed by atoms with E-state index in [-0.39, 0.29) is 29.0 Å². The number of carbonyl (C=O) groups is 1. The Morgan fingerprint density at radius 2 is 1.70 bits per heavy atom. The second-order valence-corrected chi connectivity index (χ2v) is 7.63. The normalized spacial score (nSPS) is 16.7. The quantitative estimate of drug-likeness (QED) is 0.718.